The molecule has 0 bridgehead atoms. The number of urea groups is 1. The number of nitrogens with one attached hydrogen (secondary N) is 2. The molecule has 8 nitrogen and oxygen atoms in total. The van der Waals surface area contributed by atoms with Crippen molar-refractivity contribution in [3.05, 3.63) is 106 Å². The third-order valence-electron chi connectivity index (χ3n) is 7.60. The number of anilines is 1. The number of H-pyrrole nitrogens is 1. The van der Waals surface area contributed by atoms with Crippen molar-refractivity contribution >= 4 is 23.3 Å². The number of hydrogen-bond acceptors (Lipinski definition) is 5. The van der Waals surface area contributed by atoms with Crippen molar-refractivity contribution in [1.82, 2.24) is 25.9 Å². The highest BCUT2D eigenvalue weighted by Crippen LogP contribution is 2.33. The van der Waals surface area contributed by atoms with Crippen LogP contribution in [-0.4, -0.2) is 38.3 Å². The Morgan fingerprint density at radius 1 is 0.975 bits per heavy atom. The Morgan fingerprint density at radius 2 is 1.68 bits per heavy atom. The van der Waals surface area contributed by atoms with E-state index in [0.717, 1.165) is 22.4 Å². The average Bonchev–Trinajstić information content (AvgIpc) is 3.51. The maximum Gasteiger partial charge on any atom is 0.322 e. The maximum absolute atomic E-state index is 13.5. The van der Waals surface area contributed by atoms with Crippen LogP contribution in [-0.2, 0) is 19.4 Å². The van der Waals surface area contributed by atoms with E-state index in [4.69, 9.17) is 11.6 Å². The first kappa shape index (κ1) is 27.8. The van der Waals surface area contributed by atoms with Gasteiger partial charge in [-0.15, -0.1) is 10.2 Å². The molecule has 1 aromatic heterocycles. The number of nitrogens with zero attached hydrogens (tertiary/aromatic N) is 4. The van der Waals surface area contributed by atoms with Crippen molar-refractivity contribution in [2.45, 2.75) is 63.5 Å². The SMILES string of the molecule is O=C(NCCc1ccc(Cl)cc1)N(Cc1ccc([C@@H](O)Cc2nn[nH]n2)cc1)c1ccc(C2CCCCC2)cc1. The van der Waals surface area contributed by atoms with Gasteiger partial charge in [-0.05, 0) is 71.7 Å². The molecule has 1 heterocycles. The maximum atomic E-state index is 13.5. The number of tetrazole rings is 1. The molecule has 9 heteroatoms. The molecule has 0 aliphatic heterocycles. The molecule has 3 N–H and O–H groups in total. The van der Waals surface area contributed by atoms with Gasteiger partial charge in [0.1, 0.15) is 0 Å². The van der Waals surface area contributed by atoms with Crippen LogP contribution in [0.25, 0.3) is 0 Å². The summed E-state index contributed by atoms with van der Waals surface area (Å²) in [5.41, 5.74) is 5.03. The molecule has 0 unspecified atom stereocenters. The van der Waals surface area contributed by atoms with Gasteiger partial charge < -0.3 is 10.4 Å². The number of halogens is 1. The molecule has 1 aliphatic rings. The smallest absolute Gasteiger partial charge is 0.322 e. The van der Waals surface area contributed by atoms with E-state index in [0.29, 0.717) is 36.3 Å². The van der Waals surface area contributed by atoms with E-state index in [1.807, 2.05) is 48.5 Å². The summed E-state index contributed by atoms with van der Waals surface area (Å²) < 4.78 is 0. The zero-order chi connectivity index (χ0) is 27.7. The molecule has 1 saturated carbocycles. The fourth-order valence-corrected chi connectivity index (χ4v) is 5.42. The first-order valence-electron chi connectivity index (χ1n) is 13.9. The lowest BCUT2D eigenvalue weighted by Gasteiger charge is -2.26. The van der Waals surface area contributed by atoms with Crippen molar-refractivity contribution in [1.29, 1.82) is 0 Å². The molecule has 1 aliphatic carbocycles. The van der Waals surface area contributed by atoms with Gasteiger partial charge in [0.15, 0.2) is 5.82 Å². The lowest BCUT2D eigenvalue weighted by atomic mass is 9.84. The predicted octanol–water partition coefficient (Wildman–Crippen LogP) is 6.14. The molecule has 3 aromatic carbocycles. The van der Waals surface area contributed by atoms with Gasteiger partial charge in [-0.1, -0.05) is 84.6 Å². The van der Waals surface area contributed by atoms with Crippen molar-refractivity contribution in [2.75, 3.05) is 11.4 Å². The normalized spacial score (nSPS) is 14.6. The first-order chi connectivity index (χ1) is 19.5. The Labute approximate surface area is 239 Å². The number of carbonyl (C=O) groups is 1. The lowest BCUT2D eigenvalue weighted by molar-refractivity contribution is 0.176. The molecule has 5 rings (SSSR count). The number of rotatable bonds is 10. The van der Waals surface area contributed by atoms with Crippen molar-refractivity contribution in [3.8, 4) is 0 Å². The molecule has 2 amide bonds. The van der Waals surface area contributed by atoms with Crippen LogP contribution in [0.5, 0.6) is 0 Å². The van der Waals surface area contributed by atoms with Gasteiger partial charge >= 0.3 is 6.03 Å². The predicted molar refractivity (Wildman–Crippen MR) is 156 cm³/mol. The molecule has 0 spiro atoms. The molecular formula is C31H35ClN6O2. The van der Waals surface area contributed by atoms with E-state index in [1.165, 1.54) is 37.7 Å². The van der Waals surface area contributed by atoms with Gasteiger partial charge in [0.05, 0.1) is 12.6 Å². The Hall–Kier alpha value is -3.75. The standard InChI is InChI=1S/C31H35ClN6O2/c32-27-14-8-22(9-15-27)18-19-33-31(40)38(28-16-12-25(13-17-28)24-4-2-1-3-5-24)21-23-6-10-26(11-7-23)29(39)20-30-34-36-37-35-30/h6-17,24,29,39H,1-5,18-21H2,(H,33,40)(H,34,35,36,37)/t29-/m0/s1. The van der Waals surface area contributed by atoms with Crippen LogP contribution in [0, 0.1) is 0 Å². The van der Waals surface area contributed by atoms with Gasteiger partial charge in [0.2, 0.25) is 0 Å². The molecule has 40 heavy (non-hydrogen) atoms. The number of carbonyl (C=O) groups excluding carboxylic acids is 1. The van der Waals surface area contributed by atoms with E-state index in [1.54, 1.807) is 4.90 Å². The van der Waals surface area contributed by atoms with Crippen molar-refractivity contribution < 1.29 is 9.90 Å². The summed E-state index contributed by atoms with van der Waals surface area (Å²) in [5.74, 6) is 1.06. The summed E-state index contributed by atoms with van der Waals surface area (Å²) in [6.45, 7) is 0.912. The van der Waals surface area contributed by atoms with Gasteiger partial charge in [-0.25, -0.2) is 4.79 Å². The van der Waals surface area contributed by atoms with Gasteiger partial charge in [-0.3, -0.25) is 4.90 Å². The summed E-state index contributed by atoms with van der Waals surface area (Å²) in [6.07, 6.45) is 6.61. The highest BCUT2D eigenvalue weighted by Gasteiger charge is 2.19. The Kier molecular flexibility index (Phi) is 9.42. The average molecular weight is 559 g/mol. The molecule has 1 fully saturated rings. The van der Waals surface area contributed by atoms with E-state index >= 15 is 0 Å². The third kappa shape index (κ3) is 7.46. The van der Waals surface area contributed by atoms with Crippen molar-refractivity contribution in [2.24, 2.45) is 0 Å². The van der Waals surface area contributed by atoms with Crippen LogP contribution in [0.4, 0.5) is 10.5 Å². The van der Waals surface area contributed by atoms with E-state index < -0.39 is 6.10 Å². The lowest BCUT2D eigenvalue weighted by Crippen LogP contribution is -2.40. The van der Waals surface area contributed by atoms with Gasteiger partial charge in [0.25, 0.3) is 0 Å². The van der Waals surface area contributed by atoms with Crippen LogP contribution in [0.15, 0.2) is 72.8 Å². The van der Waals surface area contributed by atoms with Gasteiger partial charge in [-0.2, -0.15) is 5.21 Å². The monoisotopic (exact) mass is 558 g/mol. The largest absolute Gasteiger partial charge is 0.388 e. The second kappa shape index (κ2) is 13.5. The topological polar surface area (TPSA) is 107 Å². The number of aliphatic hydroxyl groups is 1. The number of aromatic nitrogens is 4. The van der Waals surface area contributed by atoms with E-state index in [2.05, 4.69) is 50.2 Å². The van der Waals surface area contributed by atoms with Crippen LogP contribution in [0.1, 0.15) is 72.2 Å². The second-order valence-corrected chi connectivity index (χ2v) is 10.8. The Morgan fingerprint density at radius 3 is 2.35 bits per heavy atom. The summed E-state index contributed by atoms with van der Waals surface area (Å²) in [4.78, 5) is 15.2. The minimum Gasteiger partial charge on any atom is -0.388 e. The van der Waals surface area contributed by atoms with Crippen LogP contribution < -0.4 is 10.2 Å². The number of aromatic amines is 1. The molecular weight excluding hydrogens is 524 g/mol. The summed E-state index contributed by atoms with van der Waals surface area (Å²) in [5, 5.41) is 28.1. The zero-order valence-electron chi connectivity index (χ0n) is 22.5. The number of aliphatic hydroxyl groups excluding tert-OH is 1. The summed E-state index contributed by atoms with van der Waals surface area (Å²) in [6, 6.07) is 23.6. The van der Waals surface area contributed by atoms with Crippen LogP contribution in [0.3, 0.4) is 0 Å². The quantitative estimate of drug-likeness (QED) is 0.217. The summed E-state index contributed by atoms with van der Waals surface area (Å²) >= 11 is 6.00. The fourth-order valence-electron chi connectivity index (χ4n) is 5.29. The van der Waals surface area contributed by atoms with E-state index in [9.17, 15) is 9.90 Å². The summed E-state index contributed by atoms with van der Waals surface area (Å²) in [7, 11) is 0. The minimum atomic E-state index is -0.744. The van der Waals surface area contributed by atoms with Crippen molar-refractivity contribution in [3.63, 3.8) is 0 Å². The van der Waals surface area contributed by atoms with E-state index in [-0.39, 0.29) is 12.5 Å². The highest BCUT2D eigenvalue weighted by atomic mass is 35.5. The second-order valence-electron chi connectivity index (χ2n) is 10.4. The minimum absolute atomic E-state index is 0.152. The number of benzene rings is 3. The Bertz CT molecular complexity index is 1340. The molecule has 4 aromatic rings. The molecule has 208 valence electrons. The van der Waals surface area contributed by atoms with Crippen LogP contribution in [0.2, 0.25) is 5.02 Å². The number of hydrogen-bond donors (Lipinski definition) is 3. The Balaban J connectivity index is 1.28. The zero-order valence-corrected chi connectivity index (χ0v) is 23.2. The number of amides is 2. The van der Waals surface area contributed by atoms with Crippen LogP contribution >= 0.6 is 11.6 Å². The fraction of sp³-hybridized carbons (Fsp3) is 0.355. The van der Waals surface area contributed by atoms with Gasteiger partial charge in [0, 0.05) is 23.7 Å². The highest BCUT2D eigenvalue weighted by molar-refractivity contribution is 6.30. The first-order valence-corrected chi connectivity index (χ1v) is 14.3. The molecule has 1 atom stereocenters. The molecule has 0 radical (unpaired) electrons. The third-order valence-corrected chi connectivity index (χ3v) is 7.85. The molecule has 0 saturated heterocycles.